The Kier molecular flexibility index (Phi) is 5.24. The summed E-state index contributed by atoms with van der Waals surface area (Å²) in [7, 11) is 0. The number of para-hydroxylation sites is 2. The van der Waals surface area contributed by atoms with E-state index in [9.17, 15) is 9.90 Å². The summed E-state index contributed by atoms with van der Waals surface area (Å²) in [4.78, 5) is 13.8. The second kappa shape index (κ2) is 7.14. The zero-order valence-corrected chi connectivity index (χ0v) is 11.9. The highest BCUT2D eigenvalue weighted by molar-refractivity contribution is 5.82. The van der Waals surface area contributed by atoms with Crippen molar-refractivity contribution in [3.8, 4) is 0 Å². The van der Waals surface area contributed by atoms with Crippen LogP contribution in [0.1, 0.15) is 19.8 Å². The van der Waals surface area contributed by atoms with Crippen LogP contribution in [0.2, 0.25) is 0 Å². The third-order valence-corrected chi connectivity index (χ3v) is 3.52. The number of nitrogens with one attached hydrogen (secondary N) is 2. The van der Waals surface area contributed by atoms with Crippen molar-refractivity contribution in [1.82, 2.24) is 5.32 Å². The summed E-state index contributed by atoms with van der Waals surface area (Å²) < 4.78 is 0. The molecule has 0 unspecified atom stereocenters. The van der Waals surface area contributed by atoms with E-state index in [1.807, 2.05) is 25.1 Å². The minimum absolute atomic E-state index is 0.00336. The molecule has 110 valence electrons. The molecule has 0 atom stereocenters. The summed E-state index contributed by atoms with van der Waals surface area (Å²) in [5, 5.41) is 15.5. The molecule has 0 saturated carbocycles. The molecule has 1 heterocycles. The van der Waals surface area contributed by atoms with Crippen LogP contribution in [0, 0.1) is 0 Å². The molecule has 0 aromatic heterocycles. The fourth-order valence-corrected chi connectivity index (χ4v) is 2.44. The third kappa shape index (κ3) is 3.87. The molecule has 0 aliphatic carbocycles. The molecule has 2 rings (SSSR count). The summed E-state index contributed by atoms with van der Waals surface area (Å²) in [6, 6.07) is 8.00. The average Bonchev–Trinajstić information content (AvgIpc) is 2.47. The van der Waals surface area contributed by atoms with Crippen LogP contribution in [0.3, 0.4) is 0 Å². The van der Waals surface area contributed by atoms with E-state index in [0.29, 0.717) is 6.54 Å². The summed E-state index contributed by atoms with van der Waals surface area (Å²) >= 11 is 0. The molecule has 1 saturated heterocycles. The second-order valence-electron chi connectivity index (χ2n) is 5.04. The number of likely N-dealkylation sites (N-methyl/N-ethyl adjacent to an activating group) is 1. The van der Waals surface area contributed by atoms with E-state index in [1.54, 1.807) is 0 Å². The Morgan fingerprint density at radius 3 is 2.75 bits per heavy atom. The van der Waals surface area contributed by atoms with Gasteiger partial charge in [-0.25, -0.2) is 0 Å². The molecule has 0 spiro atoms. The van der Waals surface area contributed by atoms with E-state index in [1.165, 1.54) is 0 Å². The first-order valence-corrected chi connectivity index (χ1v) is 7.23. The Hall–Kier alpha value is -1.75. The van der Waals surface area contributed by atoms with Crippen LogP contribution in [-0.2, 0) is 4.79 Å². The fourth-order valence-electron chi connectivity index (χ4n) is 2.44. The van der Waals surface area contributed by atoms with Crippen LogP contribution in [-0.4, -0.2) is 43.3 Å². The van der Waals surface area contributed by atoms with Crippen LogP contribution in [0.5, 0.6) is 0 Å². The highest BCUT2D eigenvalue weighted by Gasteiger charge is 2.19. The molecule has 5 heteroatoms. The summed E-state index contributed by atoms with van der Waals surface area (Å²) in [5.41, 5.74) is 2.07. The Morgan fingerprint density at radius 1 is 1.35 bits per heavy atom. The number of hydrogen-bond acceptors (Lipinski definition) is 4. The Bertz CT molecular complexity index is 442. The predicted molar refractivity (Wildman–Crippen MR) is 81.1 cm³/mol. The molecule has 20 heavy (non-hydrogen) atoms. The smallest absolute Gasteiger partial charge is 0.239 e. The van der Waals surface area contributed by atoms with Gasteiger partial charge in [0.25, 0.3) is 0 Å². The maximum Gasteiger partial charge on any atom is 0.239 e. The average molecular weight is 277 g/mol. The monoisotopic (exact) mass is 277 g/mol. The van der Waals surface area contributed by atoms with Gasteiger partial charge in [0.15, 0.2) is 0 Å². The van der Waals surface area contributed by atoms with Crippen LogP contribution >= 0.6 is 0 Å². The topological polar surface area (TPSA) is 64.6 Å². The standard InChI is InChI=1S/C15H23N3O2/c1-2-16-15(20)11-17-13-5-3-4-6-14(13)18-9-7-12(19)8-10-18/h3-6,12,17,19H,2,7-11H2,1H3,(H,16,20). The Balaban J connectivity index is 2.00. The number of benzene rings is 1. The van der Waals surface area contributed by atoms with Crippen LogP contribution in [0.15, 0.2) is 24.3 Å². The normalized spacial score (nSPS) is 16.0. The molecule has 0 bridgehead atoms. The number of amides is 1. The first-order valence-electron chi connectivity index (χ1n) is 7.23. The molecule has 3 N–H and O–H groups in total. The van der Waals surface area contributed by atoms with Crippen molar-refractivity contribution in [2.24, 2.45) is 0 Å². The molecule has 1 amide bonds. The Labute approximate surface area is 120 Å². The van der Waals surface area contributed by atoms with Crippen LogP contribution in [0.4, 0.5) is 11.4 Å². The molecule has 1 fully saturated rings. The van der Waals surface area contributed by atoms with Gasteiger partial charge in [-0.3, -0.25) is 4.79 Å². The molecule has 1 aromatic carbocycles. The zero-order chi connectivity index (χ0) is 14.4. The molecular formula is C15H23N3O2. The van der Waals surface area contributed by atoms with Crippen molar-refractivity contribution in [2.45, 2.75) is 25.9 Å². The predicted octanol–water partition coefficient (Wildman–Crippen LogP) is 1.20. The van der Waals surface area contributed by atoms with E-state index in [4.69, 9.17) is 0 Å². The van der Waals surface area contributed by atoms with Gasteiger partial charge in [-0.05, 0) is 31.9 Å². The van der Waals surface area contributed by atoms with Gasteiger partial charge < -0.3 is 20.6 Å². The first-order chi connectivity index (χ1) is 9.70. The molecule has 1 aliphatic heterocycles. The van der Waals surface area contributed by atoms with E-state index in [0.717, 1.165) is 37.3 Å². The van der Waals surface area contributed by atoms with Crippen molar-refractivity contribution in [2.75, 3.05) is 36.4 Å². The van der Waals surface area contributed by atoms with Gasteiger partial charge in [0.1, 0.15) is 0 Å². The lowest BCUT2D eigenvalue weighted by Gasteiger charge is -2.32. The summed E-state index contributed by atoms with van der Waals surface area (Å²) in [5.74, 6) is -0.00336. The number of hydrogen-bond donors (Lipinski definition) is 3. The molecule has 5 nitrogen and oxygen atoms in total. The van der Waals surface area contributed by atoms with Gasteiger partial charge in [-0.1, -0.05) is 12.1 Å². The van der Waals surface area contributed by atoms with Gasteiger partial charge in [0, 0.05) is 19.6 Å². The van der Waals surface area contributed by atoms with Gasteiger partial charge in [-0.15, -0.1) is 0 Å². The van der Waals surface area contributed by atoms with Gasteiger partial charge in [0.2, 0.25) is 5.91 Å². The SMILES string of the molecule is CCNC(=O)CNc1ccccc1N1CCC(O)CC1. The lowest BCUT2D eigenvalue weighted by molar-refractivity contribution is -0.119. The Morgan fingerprint density at radius 2 is 2.05 bits per heavy atom. The number of rotatable bonds is 5. The maximum absolute atomic E-state index is 11.5. The molecular weight excluding hydrogens is 254 g/mol. The van der Waals surface area contributed by atoms with E-state index >= 15 is 0 Å². The van der Waals surface area contributed by atoms with E-state index in [2.05, 4.69) is 21.6 Å². The summed E-state index contributed by atoms with van der Waals surface area (Å²) in [6.45, 7) is 4.53. The van der Waals surface area contributed by atoms with E-state index < -0.39 is 0 Å². The number of carbonyl (C=O) groups excluding carboxylic acids is 1. The second-order valence-corrected chi connectivity index (χ2v) is 5.04. The van der Waals surface area contributed by atoms with Crippen molar-refractivity contribution < 1.29 is 9.90 Å². The number of carbonyl (C=O) groups is 1. The summed E-state index contributed by atoms with van der Waals surface area (Å²) in [6.07, 6.45) is 1.41. The van der Waals surface area contributed by atoms with E-state index in [-0.39, 0.29) is 18.6 Å². The third-order valence-electron chi connectivity index (χ3n) is 3.52. The van der Waals surface area contributed by atoms with Gasteiger partial charge >= 0.3 is 0 Å². The lowest BCUT2D eigenvalue weighted by Crippen LogP contribution is -2.36. The van der Waals surface area contributed by atoms with Crippen molar-refractivity contribution in [1.29, 1.82) is 0 Å². The van der Waals surface area contributed by atoms with Crippen molar-refractivity contribution in [3.05, 3.63) is 24.3 Å². The molecule has 0 radical (unpaired) electrons. The first kappa shape index (κ1) is 14.7. The fraction of sp³-hybridized carbons (Fsp3) is 0.533. The minimum atomic E-state index is -0.179. The number of anilines is 2. The number of nitrogens with zero attached hydrogens (tertiary/aromatic N) is 1. The van der Waals surface area contributed by atoms with Crippen molar-refractivity contribution >= 4 is 17.3 Å². The highest BCUT2D eigenvalue weighted by Crippen LogP contribution is 2.28. The zero-order valence-electron chi connectivity index (χ0n) is 11.9. The van der Waals surface area contributed by atoms with Crippen LogP contribution in [0.25, 0.3) is 0 Å². The number of aliphatic hydroxyl groups excluding tert-OH is 1. The largest absolute Gasteiger partial charge is 0.393 e. The number of aliphatic hydroxyl groups is 1. The quantitative estimate of drug-likeness (QED) is 0.756. The molecule has 1 aliphatic rings. The van der Waals surface area contributed by atoms with Crippen LogP contribution < -0.4 is 15.5 Å². The van der Waals surface area contributed by atoms with Gasteiger partial charge in [-0.2, -0.15) is 0 Å². The maximum atomic E-state index is 11.5. The lowest BCUT2D eigenvalue weighted by atomic mass is 10.1. The number of piperidine rings is 1. The molecule has 1 aromatic rings. The van der Waals surface area contributed by atoms with Crippen molar-refractivity contribution in [3.63, 3.8) is 0 Å². The van der Waals surface area contributed by atoms with Gasteiger partial charge in [0.05, 0.1) is 24.0 Å². The highest BCUT2D eigenvalue weighted by atomic mass is 16.3. The minimum Gasteiger partial charge on any atom is -0.393 e.